The van der Waals surface area contributed by atoms with Gasteiger partial charge in [0.05, 0.1) is 0 Å². The molecule has 0 fully saturated rings. The highest BCUT2D eigenvalue weighted by atomic mass is 32.2. The molecule has 0 aliphatic rings. The second-order valence-corrected chi connectivity index (χ2v) is 4.51. The van der Waals surface area contributed by atoms with Gasteiger partial charge in [-0.2, -0.15) is 0 Å². The smallest absolute Gasteiger partial charge is 0.00345 e. The van der Waals surface area contributed by atoms with Gasteiger partial charge in [0.15, 0.2) is 0 Å². The lowest BCUT2D eigenvalue weighted by Gasteiger charge is -2.07. The standard InChI is InChI=1S/C14H18S/c1-4-10-15-12(3)11-14-9-7-6-8-13(14)5-2/h4,6-10H,3,5,11H2,1-2H3/b10-4-. The maximum absolute atomic E-state index is 4.07. The number of aryl methyl sites for hydroxylation is 1. The van der Waals surface area contributed by atoms with E-state index < -0.39 is 0 Å². The average molecular weight is 218 g/mol. The first-order chi connectivity index (χ1) is 7.27. The van der Waals surface area contributed by atoms with E-state index >= 15 is 0 Å². The van der Waals surface area contributed by atoms with Crippen molar-refractivity contribution in [2.45, 2.75) is 26.7 Å². The van der Waals surface area contributed by atoms with Crippen molar-refractivity contribution in [3.8, 4) is 0 Å². The lowest BCUT2D eigenvalue weighted by molar-refractivity contribution is 1.07. The van der Waals surface area contributed by atoms with Crippen LogP contribution in [0.5, 0.6) is 0 Å². The summed E-state index contributed by atoms with van der Waals surface area (Å²) in [6.45, 7) is 8.30. The molecule has 0 atom stereocenters. The molecule has 1 rings (SSSR count). The van der Waals surface area contributed by atoms with Crippen LogP contribution in [0.2, 0.25) is 0 Å². The topological polar surface area (TPSA) is 0 Å². The quantitative estimate of drug-likeness (QED) is 0.697. The zero-order valence-electron chi connectivity index (χ0n) is 9.49. The Morgan fingerprint density at radius 1 is 1.33 bits per heavy atom. The van der Waals surface area contributed by atoms with Crippen LogP contribution in [0.4, 0.5) is 0 Å². The van der Waals surface area contributed by atoms with Gasteiger partial charge in [-0.1, -0.05) is 43.8 Å². The number of rotatable bonds is 5. The molecule has 0 radical (unpaired) electrons. The van der Waals surface area contributed by atoms with Gasteiger partial charge in [0.1, 0.15) is 0 Å². The van der Waals surface area contributed by atoms with Crippen LogP contribution in [0.15, 0.2) is 47.2 Å². The first kappa shape index (κ1) is 12.1. The van der Waals surface area contributed by atoms with Crippen molar-refractivity contribution in [3.05, 3.63) is 58.4 Å². The molecule has 0 saturated heterocycles. The van der Waals surface area contributed by atoms with Gasteiger partial charge >= 0.3 is 0 Å². The summed E-state index contributed by atoms with van der Waals surface area (Å²) in [5.41, 5.74) is 2.83. The van der Waals surface area contributed by atoms with Gasteiger partial charge in [0.2, 0.25) is 0 Å². The van der Waals surface area contributed by atoms with Crippen molar-refractivity contribution in [1.29, 1.82) is 0 Å². The van der Waals surface area contributed by atoms with Crippen LogP contribution in [0.25, 0.3) is 0 Å². The average Bonchev–Trinajstić information content (AvgIpc) is 2.27. The van der Waals surface area contributed by atoms with E-state index in [1.807, 2.05) is 13.0 Å². The lowest BCUT2D eigenvalue weighted by Crippen LogP contribution is -1.92. The first-order valence-electron chi connectivity index (χ1n) is 5.30. The first-order valence-corrected chi connectivity index (χ1v) is 6.18. The maximum atomic E-state index is 4.07. The van der Waals surface area contributed by atoms with E-state index in [2.05, 4.69) is 43.2 Å². The lowest BCUT2D eigenvalue weighted by atomic mass is 10.0. The van der Waals surface area contributed by atoms with Crippen molar-refractivity contribution < 1.29 is 0 Å². The zero-order chi connectivity index (χ0) is 11.1. The molecule has 0 heterocycles. The highest BCUT2D eigenvalue weighted by Crippen LogP contribution is 2.22. The molecular formula is C14H18S. The Bertz CT molecular complexity index is 350. The Balaban J connectivity index is 2.67. The van der Waals surface area contributed by atoms with Gasteiger partial charge < -0.3 is 0 Å². The van der Waals surface area contributed by atoms with Crippen molar-refractivity contribution in [3.63, 3.8) is 0 Å². The van der Waals surface area contributed by atoms with Crippen molar-refractivity contribution in [2.24, 2.45) is 0 Å². The number of hydrogen-bond acceptors (Lipinski definition) is 1. The minimum Gasteiger partial charge on any atom is -0.103 e. The Kier molecular flexibility index (Phi) is 5.27. The van der Waals surface area contributed by atoms with Crippen LogP contribution >= 0.6 is 11.8 Å². The van der Waals surface area contributed by atoms with Gasteiger partial charge in [0, 0.05) is 6.42 Å². The summed E-state index contributed by atoms with van der Waals surface area (Å²) in [4.78, 5) is 1.20. The van der Waals surface area contributed by atoms with Crippen LogP contribution in [0.3, 0.4) is 0 Å². The summed E-state index contributed by atoms with van der Waals surface area (Å²) in [5, 5.41) is 2.08. The second-order valence-electron chi connectivity index (χ2n) is 3.42. The molecule has 0 aromatic heterocycles. The second kappa shape index (κ2) is 6.52. The summed E-state index contributed by atoms with van der Waals surface area (Å²) in [6, 6.07) is 8.59. The third-order valence-electron chi connectivity index (χ3n) is 2.26. The molecule has 0 amide bonds. The van der Waals surface area contributed by atoms with Gasteiger partial charge in [0.25, 0.3) is 0 Å². The molecule has 0 nitrogen and oxygen atoms in total. The minimum absolute atomic E-state index is 0.971. The largest absolute Gasteiger partial charge is 0.103 e. The number of hydrogen-bond donors (Lipinski definition) is 0. The molecule has 0 aliphatic heterocycles. The molecule has 0 saturated carbocycles. The maximum Gasteiger partial charge on any atom is 0.00345 e. The molecule has 0 aliphatic carbocycles. The summed E-state index contributed by atoms with van der Waals surface area (Å²) in [5.74, 6) is 0. The Labute approximate surface area is 97.1 Å². The highest BCUT2D eigenvalue weighted by Gasteiger charge is 2.01. The monoisotopic (exact) mass is 218 g/mol. The van der Waals surface area contributed by atoms with Crippen LogP contribution in [-0.2, 0) is 12.8 Å². The van der Waals surface area contributed by atoms with Crippen molar-refractivity contribution in [1.82, 2.24) is 0 Å². The molecule has 80 valence electrons. The van der Waals surface area contributed by atoms with E-state index in [4.69, 9.17) is 0 Å². The Morgan fingerprint density at radius 3 is 2.60 bits per heavy atom. The fourth-order valence-corrected chi connectivity index (χ4v) is 2.06. The predicted molar refractivity (Wildman–Crippen MR) is 71.1 cm³/mol. The molecule has 0 unspecified atom stereocenters. The van der Waals surface area contributed by atoms with Crippen LogP contribution in [0.1, 0.15) is 25.0 Å². The van der Waals surface area contributed by atoms with Gasteiger partial charge in [-0.25, -0.2) is 0 Å². The Morgan fingerprint density at radius 2 is 2.00 bits per heavy atom. The molecule has 0 bridgehead atoms. The number of thioether (sulfide) groups is 1. The van der Waals surface area contributed by atoms with E-state index in [1.165, 1.54) is 16.0 Å². The predicted octanol–water partition coefficient (Wildman–Crippen LogP) is 4.57. The fourth-order valence-electron chi connectivity index (χ4n) is 1.49. The summed E-state index contributed by atoms with van der Waals surface area (Å²) in [6.07, 6.45) is 4.11. The summed E-state index contributed by atoms with van der Waals surface area (Å²) < 4.78 is 0. The summed E-state index contributed by atoms with van der Waals surface area (Å²) in [7, 11) is 0. The van der Waals surface area contributed by atoms with Gasteiger partial charge in [-0.3, -0.25) is 0 Å². The Hall–Kier alpha value is -0.950. The highest BCUT2D eigenvalue weighted by molar-refractivity contribution is 8.05. The van der Waals surface area contributed by atoms with Crippen LogP contribution in [0, 0.1) is 0 Å². The normalized spacial score (nSPS) is 10.8. The zero-order valence-corrected chi connectivity index (χ0v) is 10.3. The van der Waals surface area contributed by atoms with Crippen molar-refractivity contribution >= 4 is 11.8 Å². The molecule has 0 spiro atoms. The SMILES string of the molecule is C=C(Cc1ccccc1CC)S/C=C\C. The molecule has 1 heteroatoms. The third-order valence-corrected chi connectivity index (χ3v) is 3.14. The van der Waals surface area contributed by atoms with E-state index in [1.54, 1.807) is 11.8 Å². The van der Waals surface area contributed by atoms with E-state index in [9.17, 15) is 0 Å². The van der Waals surface area contributed by atoms with E-state index in [0.717, 1.165) is 12.8 Å². The van der Waals surface area contributed by atoms with E-state index in [0.29, 0.717) is 0 Å². The van der Waals surface area contributed by atoms with Crippen LogP contribution < -0.4 is 0 Å². The number of benzene rings is 1. The van der Waals surface area contributed by atoms with E-state index in [-0.39, 0.29) is 0 Å². The van der Waals surface area contributed by atoms with Gasteiger partial charge in [-0.15, -0.1) is 11.8 Å². The molecule has 0 N–H and O–H groups in total. The minimum atomic E-state index is 0.971. The molecular weight excluding hydrogens is 200 g/mol. The molecule has 1 aromatic carbocycles. The van der Waals surface area contributed by atoms with Crippen LogP contribution in [-0.4, -0.2) is 0 Å². The fraction of sp³-hybridized carbons (Fsp3) is 0.286. The number of allylic oxidation sites excluding steroid dienone is 2. The van der Waals surface area contributed by atoms with Crippen molar-refractivity contribution in [2.75, 3.05) is 0 Å². The molecule has 15 heavy (non-hydrogen) atoms. The third kappa shape index (κ3) is 3.96. The van der Waals surface area contributed by atoms with Gasteiger partial charge in [-0.05, 0) is 34.8 Å². The molecule has 1 aromatic rings. The summed E-state index contributed by atoms with van der Waals surface area (Å²) >= 11 is 1.72.